The molecule has 2 heterocycles. The third-order valence-electron chi connectivity index (χ3n) is 3.33. The van der Waals surface area contributed by atoms with Crippen LogP contribution in [0.5, 0.6) is 5.75 Å². The number of methoxy groups -OCH3 is 1. The van der Waals surface area contributed by atoms with E-state index in [2.05, 4.69) is 21.9 Å². The number of nitrogens with zero attached hydrogens (tertiary/aromatic N) is 3. The maximum atomic E-state index is 5.17. The van der Waals surface area contributed by atoms with E-state index >= 15 is 0 Å². The van der Waals surface area contributed by atoms with Crippen LogP contribution in [0.15, 0.2) is 59.0 Å². The van der Waals surface area contributed by atoms with Gasteiger partial charge in [-0.25, -0.2) is 4.99 Å². The second-order valence-electron chi connectivity index (χ2n) is 4.88. The number of hydrogen-bond donors (Lipinski definition) is 0. The monoisotopic (exact) mass is 311 g/mol. The summed E-state index contributed by atoms with van der Waals surface area (Å²) in [5.74, 6) is 0.836. The van der Waals surface area contributed by atoms with Crippen LogP contribution in [0.25, 0.3) is 0 Å². The van der Waals surface area contributed by atoms with E-state index in [1.165, 1.54) is 5.69 Å². The minimum atomic E-state index is 0.727. The number of rotatable bonds is 4. The van der Waals surface area contributed by atoms with Crippen molar-refractivity contribution in [3.8, 4) is 5.75 Å². The molecule has 3 aromatic rings. The molecule has 0 saturated carbocycles. The predicted octanol–water partition coefficient (Wildman–Crippen LogP) is 3.54. The summed E-state index contributed by atoms with van der Waals surface area (Å²) in [5.41, 5.74) is 3.13. The Hall–Kier alpha value is -2.40. The lowest BCUT2D eigenvalue weighted by atomic mass is 10.3. The number of ether oxygens (including phenoxy) is 1. The molecule has 5 heteroatoms. The summed E-state index contributed by atoms with van der Waals surface area (Å²) in [4.78, 5) is 10.1. The molecule has 0 aliphatic rings. The second kappa shape index (κ2) is 6.58. The van der Waals surface area contributed by atoms with Gasteiger partial charge >= 0.3 is 0 Å². The van der Waals surface area contributed by atoms with Gasteiger partial charge in [-0.1, -0.05) is 6.07 Å². The van der Waals surface area contributed by atoms with Crippen LogP contribution < -0.4 is 9.54 Å². The maximum Gasteiger partial charge on any atom is 0.190 e. The van der Waals surface area contributed by atoms with Crippen molar-refractivity contribution in [1.29, 1.82) is 0 Å². The van der Waals surface area contributed by atoms with Crippen molar-refractivity contribution in [1.82, 2.24) is 9.55 Å². The fourth-order valence-corrected chi connectivity index (χ4v) is 3.01. The molecule has 2 aromatic heterocycles. The van der Waals surface area contributed by atoms with E-state index < -0.39 is 0 Å². The summed E-state index contributed by atoms with van der Waals surface area (Å²) in [6.45, 7) is 2.82. The molecular weight excluding hydrogens is 294 g/mol. The lowest BCUT2D eigenvalue weighted by Gasteiger charge is -2.05. The first-order valence-electron chi connectivity index (χ1n) is 7.00. The lowest BCUT2D eigenvalue weighted by molar-refractivity contribution is 0.415. The Morgan fingerprint density at radius 2 is 2.00 bits per heavy atom. The highest BCUT2D eigenvalue weighted by Gasteiger charge is 2.03. The van der Waals surface area contributed by atoms with Crippen molar-refractivity contribution in [3.05, 3.63) is 70.2 Å². The Balaban J connectivity index is 1.95. The van der Waals surface area contributed by atoms with E-state index in [4.69, 9.17) is 9.73 Å². The summed E-state index contributed by atoms with van der Waals surface area (Å²) in [6.07, 6.45) is 1.82. The van der Waals surface area contributed by atoms with Gasteiger partial charge in [0.15, 0.2) is 4.80 Å². The second-order valence-corrected chi connectivity index (χ2v) is 5.71. The molecule has 0 amide bonds. The smallest absolute Gasteiger partial charge is 0.190 e. The first-order chi connectivity index (χ1) is 10.8. The van der Waals surface area contributed by atoms with E-state index in [1.807, 2.05) is 48.7 Å². The van der Waals surface area contributed by atoms with E-state index in [1.54, 1.807) is 18.4 Å². The summed E-state index contributed by atoms with van der Waals surface area (Å²) < 4.78 is 7.35. The molecule has 22 heavy (non-hydrogen) atoms. The fourth-order valence-electron chi connectivity index (χ4n) is 2.12. The zero-order valence-electron chi connectivity index (χ0n) is 12.6. The summed E-state index contributed by atoms with van der Waals surface area (Å²) >= 11 is 1.64. The van der Waals surface area contributed by atoms with Gasteiger partial charge in [0.25, 0.3) is 0 Å². The number of hydrogen-bond acceptors (Lipinski definition) is 4. The van der Waals surface area contributed by atoms with E-state index in [-0.39, 0.29) is 0 Å². The van der Waals surface area contributed by atoms with E-state index in [0.717, 1.165) is 28.5 Å². The Labute approximate surface area is 133 Å². The van der Waals surface area contributed by atoms with Crippen LogP contribution in [-0.2, 0) is 6.54 Å². The fraction of sp³-hybridized carbons (Fsp3) is 0.176. The number of aryl methyl sites for hydroxylation is 1. The Morgan fingerprint density at radius 3 is 2.68 bits per heavy atom. The summed E-state index contributed by atoms with van der Waals surface area (Å²) in [7, 11) is 1.66. The van der Waals surface area contributed by atoms with Gasteiger partial charge in [-0.2, -0.15) is 0 Å². The maximum absolute atomic E-state index is 5.17. The molecule has 0 bridgehead atoms. The molecule has 0 fully saturated rings. The van der Waals surface area contributed by atoms with Crippen LogP contribution in [0, 0.1) is 6.92 Å². The zero-order valence-corrected chi connectivity index (χ0v) is 13.4. The number of thiazole rings is 1. The molecule has 0 radical (unpaired) electrons. The largest absolute Gasteiger partial charge is 0.497 e. The SMILES string of the molecule is COc1ccc(N=c2scc(C)n2Cc2ccccn2)cc1. The molecular formula is C17H17N3OS. The van der Waals surface area contributed by atoms with Gasteiger partial charge in [-0.05, 0) is 43.3 Å². The number of pyridine rings is 1. The third kappa shape index (κ3) is 3.26. The average molecular weight is 311 g/mol. The molecule has 4 nitrogen and oxygen atoms in total. The van der Waals surface area contributed by atoms with Crippen LogP contribution >= 0.6 is 11.3 Å². The topological polar surface area (TPSA) is 39.4 Å². The van der Waals surface area contributed by atoms with Crippen LogP contribution in [-0.4, -0.2) is 16.7 Å². The normalized spacial score (nSPS) is 11.6. The summed E-state index contributed by atoms with van der Waals surface area (Å²) in [6, 6.07) is 13.7. The Bertz CT molecular complexity index is 804. The number of benzene rings is 1. The minimum absolute atomic E-state index is 0.727. The van der Waals surface area contributed by atoms with Gasteiger partial charge in [0.1, 0.15) is 5.75 Å². The van der Waals surface area contributed by atoms with Crippen molar-refractivity contribution in [2.75, 3.05) is 7.11 Å². The van der Waals surface area contributed by atoms with Gasteiger partial charge in [-0.15, -0.1) is 11.3 Å². The first-order valence-corrected chi connectivity index (χ1v) is 7.88. The zero-order chi connectivity index (χ0) is 15.4. The van der Waals surface area contributed by atoms with Gasteiger partial charge in [0.05, 0.1) is 25.0 Å². The molecule has 0 spiro atoms. The standard InChI is InChI=1S/C17H17N3OS/c1-13-12-22-17(19-14-6-8-16(21-2)9-7-14)20(13)11-15-5-3-4-10-18-15/h3-10,12H,11H2,1-2H3. The molecule has 112 valence electrons. The highest BCUT2D eigenvalue weighted by molar-refractivity contribution is 7.07. The molecule has 0 atom stereocenters. The van der Waals surface area contributed by atoms with Gasteiger partial charge in [0.2, 0.25) is 0 Å². The highest BCUT2D eigenvalue weighted by atomic mass is 32.1. The van der Waals surface area contributed by atoms with Crippen LogP contribution in [0.2, 0.25) is 0 Å². The lowest BCUT2D eigenvalue weighted by Crippen LogP contribution is -2.17. The molecule has 0 N–H and O–H groups in total. The predicted molar refractivity (Wildman–Crippen MR) is 88.6 cm³/mol. The Kier molecular flexibility index (Phi) is 4.34. The Morgan fingerprint density at radius 1 is 1.18 bits per heavy atom. The van der Waals surface area contributed by atoms with Crippen molar-refractivity contribution in [2.24, 2.45) is 4.99 Å². The van der Waals surface area contributed by atoms with Crippen molar-refractivity contribution in [2.45, 2.75) is 13.5 Å². The minimum Gasteiger partial charge on any atom is -0.497 e. The molecule has 0 saturated heterocycles. The quantitative estimate of drug-likeness (QED) is 0.739. The molecule has 0 aliphatic heterocycles. The van der Waals surface area contributed by atoms with Gasteiger partial charge in [0, 0.05) is 17.3 Å². The van der Waals surface area contributed by atoms with Crippen LogP contribution in [0.3, 0.4) is 0 Å². The third-order valence-corrected chi connectivity index (χ3v) is 4.32. The van der Waals surface area contributed by atoms with Gasteiger partial charge in [-0.3, -0.25) is 4.98 Å². The van der Waals surface area contributed by atoms with Crippen LogP contribution in [0.4, 0.5) is 5.69 Å². The van der Waals surface area contributed by atoms with Crippen molar-refractivity contribution in [3.63, 3.8) is 0 Å². The summed E-state index contributed by atoms with van der Waals surface area (Å²) in [5, 5.41) is 2.12. The molecule has 1 aromatic carbocycles. The average Bonchev–Trinajstić information content (AvgIpc) is 2.90. The molecule has 0 unspecified atom stereocenters. The van der Waals surface area contributed by atoms with E-state index in [0.29, 0.717) is 0 Å². The molecule has 3 rings (SSSR count). The van der Waals surface area contributed by atoms with Gasteiger partial charge < -0.3 is 9.30 Å². The van der Waals surface area contributed by atoms with Crippen molar-refractivity contribution >= 4 is 17.0 Å². The van der Waals surface area contributed by atoms with E-state index in [9.17, 15) is 0 Å². The van der Waals surface area contributed by atoms with Crippen molar-refractivity contribution < 1.29 is 4.74 Å². The highest BCUT2D eigenvalue weighted by Crippen LogP contribution is 2.17. The number of aromatic nitrogens is 2. The van der Waals surface area contributed by atoms with Crippen LogP contribution in [0.1, 0.15) is 11.4 Å². The molecule has 0 aliphatic carbocycles. The first kappa shape index (κ1) is 14.5.